The summed E-state index contributed by atoms with van der Waals surface area (Å²) in [6, 6.07) is 7.74. The van der Waals surface area contributed by atoms with Crippen molar-refractivity contribution in [2.45, 2.75) is 19.0 Å². The normalized spacial score (nSPS) is 19.8. The lowest BCUT2D eigenvalue weighted by Gasteiger charge is -2.35. The minimum atomic E-state index is -0.719. The van der Waals surface area contributed by atoms with Crippen molar-refractivity contribution >= 4 is 5.97 Å². The molecule has 0 spiro atoms. The van der Waals surface area contributed by atoms with Gasteiger partial charge in [0.05, 0.1) is 0 Å². The van der Waals surface area contributed by atoms with Gasteiger partial charge in [-0.05, 0) is 31.6 Å². The number of likely N-dealkylation sites (N-methyl/N-ethyl adjacent to an activating group) is 1. The number of hydrogen-bond donors (Lipinski definition) is 1. The van der Waals surface area contributed by atoms with E-state index in [0.717, 1.165) is 19.6 Å². The number of hydrogen-bond acceptors (Lipinski definition) is 3. The highest BCUT2D eigenvalue weighted by Crippen LogP contribution is 2.23. The number of carboxylic acids is 1. The average molecular weight is 248 g/mol. The largest absolute Gasteiger partial charge is 0.480 e. The van der Waals surface area contributed by atoms with Gasteiger partial charge in [-0.1, -0.05) is 24.3 Å². The Balaban J connectivity index is 2.15. The van der Waals surface area contributed by atoms with E-state index in [2.05, 4.69) is 15.9 Å². The van der Waals surface area contributed by atoms with Crippen LogP contribution in [-0.4, -0.2) is 54.1 Å². The number of carboxylic acid groups (broad SMARTS) is 1. The number of nitrogens with zero attached hydrogens (tertiary/aromatic N) is 2. The highest BCUT2D eigenvalue weighted by atomic mass is 16.4. The maximum absolute atomic E-state index is 11.4. The monoisotopic (exact) mass is 248 g/mol. The van der Waals surface area contributed by atoms with E-state index in [1.807, 2.05) is 32.3 Å². The Labute approximate surface area is 108 Å². The second kappa shape index (κ2) is 5.50. The Morgan fingerprint density at radius 3 is 2.67 bits per heavy atom. The molecule has 0 aliphatic carbocycles. The fraction of sp³-hybridized carbons (Fsp3) is 0.500. The molecule has 0 unspecified atom stereocenters. The summed E-state index contributed by atoms with van der Waals surface area (Å²) in [6.45, 7) is 2.41. The molecular weight excluding hydrogens is 228 g/mol. The van der Waals surface area contributed by atoms with Crippen molar-refractivity contribution in [3.8, 4) is 0 Å². The first-order valence-corrected chi connectivity index (χ1v) is 6.26. The lowest BCUT2D eigenvalue weighted by molar-refractivity contribution is -0.144. The van der Waals surface area contributed by atoms with Crippen LogP contribution in [0.1, 0.15) is 11.1 Å². The lowest BCUT2D eigenvalue weighted by atomic mass is 9.94. The molecule has 1 aliphatic heterocycles. The van der Waals surface area contributed by atoms with Crippen molar-refractivity contribution < 1.29 is 9.90 Å². The molecule has 2 rings (SSSR count). The minimum absolute atomic E-state index is 0.389. The quantitative estimate of drug-likeness (QED) is 0.865. The van der Waals surface area contributed by atoms with Crippen LogP contribution in [0.5, 0.6) is 0 Å². The predicted octanol–water partition coefficient (Wildman–Crippen LogP) is 1.06. The zero-order chi connectivity index (χ0) is 13.1. The smallest absolute Gasteiger partial charge is 0.321 e. The third-order valence-electron chi connectivity index (χ3n) is 3.47. The van der Waals surface area contributed by atoms with Gasteiger partial charge in [-0.2, -0.15) is 0 Å². The van der Waals surface area contributed by atoms with Gasteiger partial charge in [0.25, 0.3) is 0 Å². The van der Waals surface area contributed by atoms with Crippen molar-refractivity contribution in [3.05, 3.63) is 35.4 Å². The number of fused-ring (bicyclic) bond motifs is 1. The fourth-order valence-corrected chi connectivity index (χ4v) is 2.38. The molecular formula is C14H20N2O2. The Hall–Kier alpha value is -1.39. The Kier molecular flexibility index (Phi) is 3.99. The van der Waals surface area contributed by atoms with Gasteiger partial charge < -0.3 is 10.0 Å². The van der Waals surface area contributed by atoms with Crippen LogP contribution in [0.15, 0.2) is 24.3 Å². The minimum Gasteiger partial charge on any atom is -0.480 e. The van der Waals surface area contributed by atoms with E-state index in [4.69, 9.17) is 0 Å². The van der Waals surface area contributed by atoms with Crippen LogP contribution in [0.25, 0.3) is 0 Å². The molecule has 0 saturated carbocycles. The van der Waals surface area contributed by atoms with Gasteiger partial charge in [-0.25, -0.2) is 0 Å². The molecule has 1 aliphatic rings. The zero-order valence-corrected chi connectivity index (χ0v) is 11.0. The van der Waals surface area contributed by atoms with Crippen LogP contribution in [0.4, 0.5) is 0 Å². The van der Waals surface area contributed by atoms with Crippen LogP contribution in [0.3, 0.4) is 0 Å². The van der Waals surface area contributed by atoms with Crippen LogP contribution in [-0.2, 0) is 17.8 Å². The predicted molar refractivity (Wildman–Crippen MR) is 70.5 cm³/mol. The fourth-order valence-electron chi connectivity index (χ4n) is 2.38. The molecule has 4 nitrogen and oxygen atoms in total. The Bertz CT molecular complexity index is 432. The van der Waals surface area contributed by atoms with Crippen molar-refractivity contribution in [1.29, 1.82) is 0 Å². The van der Waals surface area contributed by atoms with Crippen LogP contribution in [0, 0.1) is 0 Å². The Morgan fingerprint density at radius 2 is 2.06 bits per heavy atom. The molecule has 1 N–H and O–H groups in total. The first-order valence-electron chi connectivity index (χ1n) is 6.26. The molecule has 0 fully saturated rings. The molecule has 98 valence electrons. The topological polar surface area (TPSA) is 43.8 Å². The second-order valence-electron chi connectivity index (χ2n) is 5.10. The standard InChI is InChI=1S/C14H20N2O2/c1-15(2)7-8-16-10-12-6-4-3-5-11(12)9-13(16)14(17)18/h3-6,13H,7-10H2,1-2H3,(H,17,18)/t13-/m0/s1. The summed E-state index contributed by atoms with van der Waals surface area (Å²) in [7, 11) is 4.02. The maximum atomic E-state index is 11.4. The first-order chi connectivity index (χ1) is 8.58. The van der Waals surface area contributed by atoms with E-state index < -0.39 is 5.97 Å². The van der Waals surface area contributed by atoms with Crippen molar-refractivity contribution in [3.63, 3.8) is 0 Å². The number of benzene rings is 1. The molecule has 18 heavy (non-hydrogen) atoms. The summed E-state index contributed by atoms with van der Waals surface area (Å²) in [4.78, 5) is 15.5. The van der Waals surface area contributed by atoms with Gasteiger partial charge in [0.2, 0.25) is 0 Å². The highest BCUT2D eigenvalue weighted by Gasteiger charge is 2.30. The van der Waals surface area contributed by atoms with Gasteiger partial charge in [0, 0.05) is 19.6 Å². The molecule has 0 bridgehead atoms. The summed E-state index contributed by atoms with van der Waals surface area (Å²) in [5.74, 6) is -0.719. The first kappa shape index (κ1) is 13.1. The van der Waals surface area contributed by atoms with E-state index in [-0.39, 0.29) is 6.04 Å². The summed E-state index contributed by atoms with van der Waals surface area (Å²) >= 11 is 0. The molecule has 1 atom stereocenters. The van der Waals surface area contributed by atoms with Crippen LogP contribution in [0.2, 0.25) is 0 Å². The molecule has 4 heteroatoms. The van der Waals surface area contributed by atoms with Gasteiger partial charge in [0.15, 0.2) is 0 Å². The summed E-state index contributed by atoms with van der Waals surface area (Å²) < 4.78 is 0. The van der Waals surface area contributed by atoms with E-state index in [0.29, 0.717) is 6.42 Å². The molecule has 1 aromatic rings. The summed E-state index contributed by atoms with van der Waals surface area (Å²) in [6.07, 6.45) is 0.610. The molecule has 0 saturated heterocycles. The van der Waals surface area contributed by atoms with E-state index in [1.54, 1.807) is 0 Å². The van der Waals surface area contributed by atoms with Gasteiger partial charge in [0.1, 0.15) is 6.04 Å². The second-order valence-corrected chi connectivity index (χ2v) is 5.10. The molecule has 0 aromatic heterocycles. The zero-order valence-electron chi connectivity index (χ0n) is 11.0. The molecule has 1 aromatic carbocycles. The lowest BCUT2D eigenvalue weighted by Crippen LogP contribution is -2.47. The van der Waals surface area contributed by atoms with Crippen molar-refractivity contribution in [2.75, 3.05) is 27.2 Å². The third kappa shape index (κ3) is 2.89. The molecule has 0 radical (unpaired) electrons. The SMILES string of the molecule is CN(C)CCN1Cc2ccccc2C[C@H]1C(=O)O. The van der Waals surface area contributed by atoms with Crippen molar-refractivity contribution in [2.24, 2.45) is 0 Å². The summed E-state index contributed by atoms with van der Waals surface area (Å²) in [5, 5.41) is 9.34. The summed E-state index contributed by atoms with van der Waals surface area (Å²) in [5.41, 5.74) is 2.43. The van der Waals surface area contributed by atoms with E-state index in [9.17, 15) is 9.90 Å². The number of rotatable bonds is 4. The van der Waals surface area contributed by atoms with E-state index in [1.165, 1.54) is 11.1 Å². The van der Waals surface area contributed by atoms with E-state index >= 15 is 0 Å². The van der Waals surface area contributed by atoms with Gasteiger partial charge in [-0.3, -0.25) is 9.69 Å². The number of aliphatic carboxylic acids is 1. The van der Waals surface area contributed by atoms with Crippen molar-refractivity contribution in [1.82, 2.24) is 9.80 Å². The third-order valence-corrected chi connectivity index (χ3v) is 3.47. The van der Waals surface area contributed by atoms with Gasteiger partial charge in [-0.15, -0.1) is 0 Å². The maximum Gasteiger partial charge on any atom is 0.321 e. The molecule has 1 heterocycles. The molecule has 0 amide bonds. The number of carbonyl (C=O) groups is 1. The van der Waals surface area contributed by atoms with Gasteiger partial charge >= 0.3 is 5.97 Å². The average Bonchev–Trinajstić information content (AvgIpc) is 2.35. The highest BCUT2D eigenvalue weighted by molar-refractivity contribution is 5.74. The van der Waals surface area contributed by atoms with Crippen LogP contribution >= 0.6 is 0 Å². The Morgan fingerprint density at radius 1 is 1.39 bits per heavy atom. The van der Waals surface area contributed by atoms with Crippen LogP contribution < -0.4 is 0 Å².